The summed E-state index contributed by atoms with van der Waals surface area (Å²) in [5, 5.41) is 13.2. The van der Waals surface area contributed by atoms with Crippen molar-refractivity contribution in [3.05, 3.63) is 18.0 Å². The van der Waals surface area contributed by atoms with Gasteiger partial charge in [0.2, 0.25) is 0 Å². The van der Waals surface area contributed by atoms with Gasteiger partial charge in [-0.15, -0.1) is 0 Å². The van der Waals surface area contributed by atoms with Crippen molar-refractivity contribution in [1.29, 1.82) is 0 Å². The highest BCUT2D eigenvalue weighted by molar-refractivity contribution is 5.71. The fraction of sp³-hybridized carbons (Fsp3) is 0.143. The third-order valence-electron chi connectivity index (χ3n) is 1.77. The van der Waals surface area contributed by atoms with Crippen molar-refractivity contribution in [3.8, 4) is 11.3 Å². The van der Waals surface area contributed by atoms with Gasteiger partial charge < -0.3 is 5.73 Å². The number of aromatic amines is 2. The predicted octanol–water partition coefficient (Wildman–Crippen LogP) is 0.690. The lowest BCUT2D eigenvalue weighted by molar-refractivity contribution is 1.10. The molecule has 2 rings (SSSR count). The molecule has 0 saturated carbocycles. The summed E-state index contributed by atoms with van der Waals surface area (Å²) in [7, 11) is 0. The van der Waals surface area contributed by atoms with Crippen LogP contribution in [0.4, 0.5) is 5.82 Å². The minimum atomic E-state index is 0.558. The molecule has 2 aromatic heterocycles. The Morgan fingerprint density at radius 1 is 1.25 bits per heavy atom. The van der Waals surface area contributed by atoms with E-state index in [1.807, 2.05) is 6.92 Å². The molecular weight excluding hydrogens is 154 g/mol. The SMILES string of the molecule is Cc1cn[nH]c1-c1cn[nH]c1N. The Kier molecular flexibility index (Phi) is 1.36. The number of rotatable bonds is 1. The van der Waals surface area contributed by atoms with Crippen LogP contribution < -0.4 is 5.73 Å². The van der Waals surface area contributed by atoms with Crippen LogP contribution in [-0.2, 0) is 0 Å². The molecule has 0 fully saturated rings. The molecule has 2 aromatic rings. The summed E-state index contributed by atoms with van der Waals surface area (Å²) in [6.07, 6.45) is 3.43. The molecular formula is C7H9N5. The number of hydrogen-bond acceptors (Lipinski definition) is 3. The van der Waals surface area contributed by atoms with Gasteiger partial charge in [-0.25, -0.2) is 0 Å². The van der Waals surface area contributed by atoms with Crippen molar-refractivity contribution in [2.75, 3.05) is 5.73 Å². The Morgan fingerprint density at radius 2 is 2.00 bits per heavy atom. The van der Waals surface area contributed by atoms with E-state index in [9.17, 15) is 0 Å². The number of anilines is 1. The number of aromatic nitrogens is 4. The molecule has 0 bridgehead atoms. The number of nitrogens with one attached hydrogen (secondary N) is 2. The van der Waals surface area contributed by atoms with E-state index in [4.69, 9.17) is 5.73 Å². The van der Waals surface area contributed by atoms with Crippen molar-refractivity contribution in [3.63, 3.8) is 0 Å². The van der Waals surface area contributed by atoms with E-state index in [1.165, 1.54) is 0 Å². The smallest absolute Gasteiger partial charge is 0.128 e. The number of nitrogens with zero attached hydrogens (tertiary/aromatic N) is 2. The van der Waals surface area contributed by atoms with Gasteiger partial charge in [-0.05, 0) is 12.5 Å². The highest BCUT2D eigenvalue weighted by Gasteiger charge is 2.08. The largest absolute Gasteiger partial charge is 0.384 e. The summed E-state index contributed by atoms with van der Waals surface area (Å²) in [5.74, 6) is 0.558. The van der Waals surface area contributed by atoms with Crippen molar-refractivity contribution in [2.45, 2.75) is 6.92 Å². The molecule has 5 heteroatoms. The zero-order valence-corrected chi connectivity index (χ0v) is 6.63. The first-order valence-electron chi connectivity index (χ1n) is 3.58. The third kappa shape index (κ3) is 0.868. The van der Waals surface area contributed by atoms with Crippen LogP contribution in [0.25, 0.3) is 11.3 Å². The van der Waals surface area contributed by atoms with Gasteiger partial charge in [0.1, 0.15) is 5.82 Å². The number of hydrogen-bond donors (Lipinski definition) is 3. The van der Waals surface area contributed by atoms with Crippen LogP contribution in [0, 0.1) is 6.92 Å². The van der Waals surface area contributed by atoms with E-state index in [0.29, 0.717) is 5.82 Å². The molecule has 0 saturated heterocycles. The Labute approximate surface area is 69.0 Å². The monoisotopic (exact) mass is 163 g/mol. The molecule has 0 aliphatic heterocycles. The zero-order chi connectivity index (χ0) is 8.55. The van der Waals surface area contributed by atoms with Crippen LogP contribution in [0.3, 0.4) is 0 Å². The summed E-state index contributed by atoms with van der Waals surface area (Å²) in [5.41, 5.74) is 8.48. The van der Waals surface area contributed by atoms with E-state index < -0.39 is 0 Å². The third-order valence-corrected chi connectivity index (χ3v) is 1.77. The second-order valence-corrected chi connectivity index (χ2v) is 2.63. The number of H-pyrrole nitrogens is 2. The van der Waals surface area contributed by atoms with Gasteiger partial charge in [-0.1, -0.05) is 0 Å². The number of aryl methyl sites for hydroxylation is 1. The van der Waals surface area contributed by atoms with E-state index in [0.717, 1.165) is 16.8 Å². The van der Waals surface area contributed by atoms with Gasteiger partial charge in [0.25, 0.3) is 0 Å². The topological polar surface area (TPSA) is 83.4 Å². The fourth-order valence-electron chi connectivity index (χ4n) is 1.11. The standard InChI is InChI=1S/C7H9N5/c1-4-2-9-11-6(4)5-3-10-12-7(5)8/h2-3H,1H3,(H,9,11)(H3,8,10,12). The second-order valence-electron chi connectivity index (χ2n) is 2.63. The Balaban J connectivity index is 2.57. The molecule has 62 valence electrons. The predicted molar refractivity (Wildman–Crippen MR) is 45.3 cm³/mol. The molecule has 0 aromatic carbocycles. The quantitative estimate of drug-likeness (QED) is 0.578. The van der Waals surface area contributed by atoms with Crippen LogP contribution in [-0.4, -0.2) is 20.4 Å². The highest BCUT2D eigenvalue weighted by Crippen LogP contribution is 2.23. The Morgan fingerprint density at radius 3 is 2.50 bits per heavy atom. The maximum Gasteiger partial charge on any atom is 0.128 e. The summed E-state index contributed by atoms with van der Waals surface area (Å²) in [6.45, 7) is 1.96. The molecule has 5 nitrogen and oxygen atoms in total. The second kappa shape index (κ2) is 2.37. The molecule has 0 radical (unpaired) electrons. The first-order chi connectivity index (χ1) is 5.79. The molecule has 0 amide bonds. The molecule has 0 aliphatic rings. The Hall–Kier alpha value is -1.78. The van der Waals surface area contributed by atoms with E-state index in [1.54, 1.807) is 12.4 Å². The van der Waals surface area contributed by atoms with Crippen molar-refractivity contribution in [1.82, 2.24) is 20.4 Å². The lowest BCUT2D eigenvalue weighted by atomic mass is 10.2. The van der Waals surface area contributed by atoms with Gasteiger partial charge in [-0.3, -0.25) is 10.2 Å². The summed E-state index contributed by atoms with van der Waals surface area (Å²) < 4.78 is 0. The van der Waals surface area contributed by atoms with Crippen molar-refractivity contribution < 1.29 is 0 Å². The maximum absolute atomic E-state index is 5.63. The minimum absolute atomic E-state index is 0.558. The molecule has 0 aliphatic carbocycles. The lowest BCUT2D eigenvalue weighted by Crippen LogP contribution is -1.88. The average molecular weight is 163 g/mol. The summed E-state index contributed by atoms with van der Waals surface area (Å²) >= 11 is 0. The Bertz CT molecular complexity index is 348. The van der Waals surface area contributed by atoms with Gasteiger partial charge in [0.05, 0.1) is 23.7 Å². The zero-order valence-electron chi connectivity index (χ0n) is 6.63. The first-order valence-corrected chi connectivity index (χ1v) is 3.58. The average Bonchev–Trinajstić information content (AvgIpc) is 2.59. The van der Waals surface area contributed by atoms with Gasteiger partial charge in [0, 0.05) is 0 Å². The first kappa shape index (κ1) is 6.90. The normalized spacial score (nSPS) is 10.4. The molecule has 2 heterocycles. The lowest BCUT2D eigenvalue weighted by Gasteiger charge is -1.94. The van der Waals surface area contributed by atoms with Crippen molar-refractivity contribution in [2.24, 2.45) is 0 Å². The molecule has 0 spiro atoms. The van der Waals surface area contributed by atoms with Crippen LogP contribution in [0.5, 0.6) is 0 Å². The highest BCUT2D eigenvalue weighted by atomic mass is 15.2. The van der Waals surface area contributed by atoms with E-state index in [-0.39, 0.29) is 0 Å². The van der Waals surface area contributed by atoms with E-state index >= 15 is 0 Å². The minimum Gasteiger partial charge on any atom is -0.384 e. The van der Waals surface area contributed by atoms with E-state index in [2.05, 4.69) is 20.4 Å². The van der Waals surface area contributed by atoms with Gasteiger partial charge in [-0.2, -0.15) is 10.2 Å². The molecule has 12 heavy (non-hydrogen) atoms. The van der Waals surface area contributed by atoms with Crippen molar-refractivity contribution >= 4 is 5.82 Å². The maximum atomic E-state index is 5.63. The van der Waals surface area contributed by atoms with Crippen LogP contribution in [0.2, 0.25) is 0 Å². The summed E-state index contributed by atoms with van der Waals surface area (Å²) in [4.78, 5) is 0. The number of nitrogen functional groups attached to an aromatic ring is 1. The van der Waals surface area contributed by atoms with Gasteiger partial charge >= 0.3 is 0 Å². The fourth-order valence-corrected chi connectivity index (χ4v) is 1.11. The van der Waals surface area contributed by atoms with Crippen LogP contribution in [0.1, 0.15) is 5.56 Å². The molecule has 0 atom stereocenters. The number of nitrogens with two attached hydrogens (primary N) is 1. The molecule has 0 unspecified atom stereocenters. The summed E-state index contributed by atoms with van der Waals surface area (Å²) in [6, 6.07) is 0. The van der Waals surface area contributed by atoms with Crippen LogP contribution in [0.15, 0.2) is 12.4 Å². The van der Waals surface area contributed by atoms with Gasteiger partial charge in [0.15, 0.2) is 0 Å². The molecule has 4 N–H and O–H groups in total. The van der Waals surface area contributed by atoms with Crippen LogP contribution >= 0.6 is 0 Å².